The maximum atomic E-state index is 12.0. The third kappa shape index (κ3) is 1.66. The van der Waals surface area contributed by atoms with Crippen LogP contribution in [0, 0.1) is 23.7 Å². The Morgan fingerprint density at radius 3 is 2.15 bits per heavy atom. The number of Topliss-reactive ketones (excluding diaryl/α,β-unsaturated/α-hetero) is 1. The molecule has 0 heterocycles. The number of rotatable bonds is 4. The van der Waals surface area contributed by atoms with E-state index in [4.69, 9.17) is 0 Å². The number of carbonyl (C=O) groups excluding carboxylic acids is 1. The molecule has 2 unspecified atom stereocenters. The van der Waals surface area contributed by atoms with Crippen LogP contribution in [0.15, 0.2) is 0 Å². The van der Waals surface area contributed by atoms with Gasteiger partial charge in [0, 0.05) is 11.8 Å². The first kappa shape index (κ1) is 9.23. The summed E-state index contributed by atoms with van der Waals surface area (Å²) in [5.74, 6) is 3.29. The van der Waals surface area contributed by atoms with Crippen LogP contribution in [0.4, 0.5) is 0 Å². The van der Waals surface area contributed by atoms with Gasteiger partial charge in [-0.1, -0.05) is 13.8 Å². The van der Waals surface area contributed by atoms with E-state index in [-0.39, 0.29) is 0 Å². The first-order valence-corrected chi connectivity index (χ1v) is 5.80. The smallest absolute Gasteiger partial charge is 0.139 e. The van der Waals surface area contributed by atoms with Crippen LogP contribution in [0.1, 0.15) is 46.0 Å². The molecule has 0 aliphatic heterocycles. The van der Waals surface area contributed by atoms with Crippen molar-refractivity contribution < 1.29 is 4.79 Å². The van der Waals surface area contributed by atoms with Crippen LogP contribution in [-0.4, -0.2) is 5.78 Å². The van der Waals surface area contributed by atoms with Gasteiger partial charge >= 0.3 is 0 Å². The van der Waals surface area contributed by atoms with Crippen molar-refractivity contribution in [3.63, 3.8) is 0 Å². The van der Waals surface area contributed by atoms with E-state index in [1.165, 1.54) is 19.3 Å². The van der Waals surface area contributed by atoms with E-state index in [9.17, 15) is 4.79 Å². The van der Waals surface area contributed by atoms with E-state index in [0.29, 0.717) is 17.6 Å². The van der Waals surface area contributed by atoms with Crippen LogP contribution in [0.25, 0.3) is 0 Å². The van der Waals surface area contributed by atoms with Crippen LogP contribution in [0.5, 0.6) is 0 Å². The van der Waals surface area contributed by atoms with Gasteiger partial charge in [0.25, 0.3) is 0 Å². The molecule has 1 heteroatoms. The van der Waals surface area contributed by atoms with Crippen LogP contribution in [0.2, 0.25) is 0 Å². The summed E-state index contributed by atoms with van der Waals surface area (Å²) in [4.78, 5) is 12.0. The molecule has 2 atom stereocenters. The van der Waals surface area contributed by atoms with Crippen molar-refractivity contribution in [2.45, 2.75) is 46.0 Å². The number of hydrogen-bond acceptors (Lipinski definition) is 1. The first-order chi connectivity index (χ1) is 6.26. The molecule has 0 aromatic carbocycles. The normalized spacial score (nSPS) is 36.4. The minimum atomic E-state index is 0.363. The zero-order chi connectivity index (χ0) is 9.42. The van der Waals surface area contributed by atoms with Crippen LogP contribution < -0.4 is 0 Å². The fourth-order valence-electron chi connectivity index (χ4n) is 2.97. The minimum absolute atomic E-state index is 0.363. The van der Waals surface area contributed by atoms with Crippen LogP contribution >= 0.6 is 0 Å². The molecule has 2 aliphatic carbocycles. The third-order valence-corrected chi connectivity index (χ3v) is 4.03. The summed E-state index contributed by atoms with van der Waals surface area (Å²) in [6.07, 6.45) is 5.95. The molecule has 2 rings (SSSR count). The molecule has 2 aliphatic rings. The lowest BCUT2D eigenvalue weighted by molar-refractivity contribution is -0.127. The highest BCUT2D eigenvalue weighted by Crippen LogP contribution is 2.55. The molecule has 13 heavy (non-hydrogen) atoms. The van der Waals surface area contributed by atoms with Gasteiger partial charge < -0.3 is 0 Å². The zero-order valence-corrected chi connectivity index (χ0v) is 8.75. The standard InChI is InChI=1S/C12H20O/c1-3-8(4-2)12(13)11-6-9-5-10(9)7-11/h8-11H,3-7H2,1-2H3. The number of hydrogen-bond donors (Lipinski definition) is 0. The number of carbonyl (C=O) groups is 1. The van der Waals surface area contributed by atoms with E-state index in [1.807, 2.05) is 0 Å². The molecule has 1 nitrogen and oxygen atoms in total. The summed E-state index contributed by atoms with van der Waals surface area (Å²) < 4.78 is 0. The highest BCUT2D eigenvalue weighted by atomic mass is 16.1. The van der Waals surface area contributed by atoms with Gasteiger partial charge in [0.1, 0.15) is 5.78 Å². The Morgan fingerprint density at radius 2 is 1.69 bits per heavy atom. The van der Waals surface area contributed by atoms with Crippen molar-refractivity contribution in [3.8, 4) is 0 Å². The van der Waals surface area contributed by atoms with E-state index >= 15 is 0 Å². The summed E-state index contributed by atoms with van der Waals surface area (Å²) >= 11 is 0. The summed E-state index contributed by atoms with van der Waals surface area (Å²) in [7, 11) is 0. The summed E-state index contributed by atoms with van der Waals surface area (Å²) in [6, 6.07) is 0. The molecule has 0 spiro atoms. The molecular formula is C12H20O. The Bertz CT molecular complexity index is 195. The fraction of sp³-hybridized carbons (Fsp3) is 0.917. The van der Waals surface area contributed by atoms with Crippen molar-refractivity contribution in [2.75, 3.05) is 0 Å². The van der Waals surface area contributed by atoms with Gasteiger partial charge in [0.15, 0.2) is 0 Å². The van der Waals surface area contributed by atoms with Crippen molar-refractivity contribution in [3.05, 3.63) is 0 Å². The summed E-state index contributed by atoms with van der Waals surface area (Å²) in [5, 5.41) is 0. The second-order valence-corrected chi connectivity index (χ2v) is 4.84. The lowest BCUT2D eigenvalue weighted by Crippen LogP contribution is -2.21. The molecule has 2 saturated carbocycles. The molecule has 0 saturated heterocycles. The Balaban J connectivity index is 1.89. The molecule has 74 valence electrons. The summed E-state index contributed by atoms with van der Waals surface area (Å²) in [6.45, 7) is 4.28. The molecule has 0 N–H and O–H groups in total. The fourth-order valence-corrected chi connectivity index (χ4v) is 2.97. The zero-order valence-electron chi connectivity index (χ0n) is 8.75. The third-order valence-electron chi connectivity index (χ3n) is 4.03. The Hall–Kier alpha value is -0.330. The minimum Gasteiger partial charge on any atom is -0.299 e. The molecule has 0 bridgehead atoms. The van der Waals surface area contributed by atoms with Gasteiger partial charge in [-0.05, 0) is 43.9 Å². The lowest BCUT2D eigenvalue weighted by Gasteiger charge is -2.17. The summed E-state index contributed by atoms with van der Waals surface area (Å²) in [5.41, 5.74) is 0. The Morgan fingerprint density at radius 1 is 1.15 bits per heavy atom. The maximum absolute atomic E-state index is 12.0. The first-order valence-electron chi connectivity index (χ1n) is 5.80. The maximum Gasteiger partial charge on any atom is 0.139 e. The van der Waals surface area contributed by atoms with E-state index in [0.717, 1.165) is 24.7 Å². The second-order valence-electron chi connectivity index (χ2n) is 4.84. The van der Waals surface area contributed by atoms with Crippen LogP contribution in [-0.2, 0) is 4.79 Å². The van der Waals surface area contributed by atoms with E-state index in [2.05, 4.69) is 13.8 Å². The molecule has 2 fully saturated rings. The molecular weight excluding hydrogens is 160 g/mol. The van der Waals surface area contributed by atoms with Crippen molar-refractivity contribution >= 4 is 5.78 Å². The molecule has 0 amide bonds. The van der Waals surface area contributed by atoms with E-state index in [1.54, 1.807) is 0 Å². The highest BCUT2D eigenvalue weighted by Gasteiger charge is 2.48. The lowest BCUT2D eigenvalue weighted by atomic mass is 9.86. The highest BCUT2D eigenvalue weighted by molar-refractivity contribution is 5.83. The van der Waals surface area contributed by atoms with Gasteiger partial charge in [0.2, 0.25) is 0 Å². The van der Waals surface area contributed by atoms with Gasteiger partial charge in [-0.3, -0.25) is 4.79 Å². The Labute approximate surface area is 80.9 Å². The predicted molar refractivity (Wildman–Crippen MR) is 53.4 cm³/mol. The van der Waals surface area contributed by atoms with Gasteiger partial charge in [-0.15, -0.1) is 0 Å². The average Bonchev–Trinajstić information content (AvgIpc) is 2.75. The number of ketones is 1. The quantitative estimate of drug-likeness (QED) is 0.650. The molecule has 0 aromatic rings. The SMILES string of the molecule is CCC(CC)C(=O)C1CC2CC2C1. The topological polar surface area (TPSA) is 17.1 Å². The van der Waals surface area contributed by atoms with Crippen molar-refractivity contribution in [1.29, 1.82) is 0 Å². The van der Waals surface area contributed by atoms with E-state index < -0.39 is 0 Å². The molecule has 0 aromatic heterocycles. The second kappa shape index (κ2) is 3.43. The van der Waals surface area contributed by atoms with Gasteiger partial charge in [-0.25, -0.2) is 0 Å². The number of fused-ring (bicyclic) bond motifs is 1. The van der Waals surface area contributed by atoms with Gasteiger partial charge in [0.05, 0.1) is 0 Å². The van der Waals surface area contributed by atoms with Crippen molar-refractivity contribution in [1.82, 2.24) is 0 Å². The monoisotopic (exact) mass is 180 g/mol. The average molecular weight is 180 g/mol. The van der Waals surface area contributed by atoms with Crippen molar-refractivity contribution in [2.24, 2.45) is 23.7 Å². The van der Waals surface area contributed by atoms with Crippen LogP contribution in [0.3, 0.4) is 0 Å². The molecule has 0 radical (unpaired) electrons. The Kier molecular flexibility index (Phi) is 2.44. The largest absolute Gasteiger partial charge is 0.299 e. The van der Waals surface area contributed by atoms with Gasteiger partial charge in [-0.2, -0.15) is 0 Å². The predicted octanol–water partition coefficient (Wildman–Crippen LogP) is 3.04.